The van der Waals surface area contributed by atoms with Gasteiger partial charge in [-0.3, -0.25) is 0 Å². The van der Waals surface area contributed by atoms with E-state index >= 15 is 0 Å². The van der Waals surface area contributed by atoms with Gasteiger partial charge in [-0.25, -0.2) is 0 Å². The Bertz CT molecular complexity index is 591. The molecule has 2 rings (SSSR count). The molecule has 0 spiro atoms. The van der Waals surface area contributed by atoms with Gasteiger partial charge in [0.05, 0.1) is 0 Å². The molecule has 0 fully saturated rings. The van der Waals surface area contributed by atoms with Crippen molar-refractivity contribution in [3.63, 3.8) is 0 Å². The third-order valence-corrected chi connectivity index (χ3v) is 9.38. The van der Waals surface area contributed by atoms with Gasteiger partial charge in [0.25, 0.3) is 0 Å². The van der Waals surface area contributed by atoms with E-state index in [1.165, 1.54) is 23.5 Å². The van der Waals surface area contributed by atoms with E-state index in [0.717, 1.165) is 19.0 Å². The Morgan fingerprint density at radius 3 is 2.00 bits per heavy atom. The van der Waals surface area contributed by atoms with Gasteiger partial charge >= 0.3 is 153 Å². The van der Waals surface area contributed by atoms with Crippen LogP contribution in [-0.2, 0) is 9.53 Å². The van der Waals surface area contributed by atoms with E-state index in [4.69, 9.17) is 4.74 Å². The standard InChI is InChI=1S/C21H30BO2P/c1-2-3-4-11-17-24-21(23)16-18-25(22,19-12-7-5-8-13-19)20-14-9-6-10-15-20/h5-10,12-15,25H,2-4,11,16-18,22H2,1H3. The molecular weight excluding hydrogens is 326 g/mol. The maximum atomic E-state index is 12.2. The summed E-state index contributed by atoms with van der Waals surface area (Å²) in [5, 5.41) is 2.74. The number of esters is 1. The molecule has 0 heterocycles. The molecule has 134 valence electrons. The van der Waals surface area contributed by atoms with Crippen molar-refractivity contribution in [2.24, 2.45) is 0 Å². The Labute approximate surface area is 153 Å². The molecule has 0 saturated heterocycles. The number of hydrogen-bond acceptors (Lipinski definition) is 2. The van der Waals surface area contributed by atoms with E-state index < -0.39 is 7.14 Å². The second-order valence-electron chi connectivity index (χ2n) is 6.85. The van der Waals surface area contributed by atoms with Gasteiger partial charge in [0.2, 0.25) is 0 Å². The zero-order chi connectivity index (χ0) is 18.0. The first-order valence-corrected chi connectivity index (χ1v) is 12.1. The average molecular weight is 356 g/mol. The molecule has 2 aromatic rings. The van der Waals surface area contributed by atoms with Crippen molar-refractivity contribution in [3.05, 3.63) is 60.7 Å². The number of rotatable bonds is 10. The summed E-state index contributed by atoms with van der Waals surface area (Å²) < 4.78 is 5.44. The van der Waals surface area contributed by atoms with Crippen molar-refractivity contribution in [1.82, 2.24) is 0 Å². The van der Waals surface area contributed by atoms with Crippen LogP contribution in [0.4, 0.5) is 0 Å². The fourth-order valence-electron chi connectivity index (χ4n) is 3.21. The van der Waals surface area contributed by atoms with Gasteiger partial charge in [-0.2, -0.15) is 0 Å². The van der Waals surface area contributed by atoms with E-state index in [2.05, 4.69) is 63.0 Å². The summed E-state index contributed by atoms with van der Waals surface area (Å²) in [6.45, 7) is 2.75. The second-order valence-corrected chi connectivity index (χ2v) is 11.2. The first-order chi connectivity index (χ1) is 12.2. The average Bonchev–Trinajstić information content (AvgIpc) is 2.67. The van der Waals surface area contributed by atoms with Gasteiger partial charge in [-0.1, -0.05) is 0 Å². The van der Waals surface area contributed by atoms with Gasteiger partial charge in [0.15, 0.2) is 0 Å². The Hall–Kier alpha value is -1.60. The Kier molecular flexibility index (Phi) is 8.21. The molecule has 0 atom stereocenters. The molecule has 0 unspecified atom stereocenters. The van der Waals surface area contributed by atoms with Crippen LogP contribution >= 0.6 is 7.14 Å². The molecule has 2 nitrogen and oxygen atoms in total. The van der Waals surface area contributed by atoms with Gasteiger partial charge in [-0.15, -0.1) is 0 Å². The first-order valence-electron chi connectivity index (χ1n) is 9.43. The van der Waals surface area contributed by atoms with Crippen LogP contribution in [0.3, 0.4) is 0 Å². The van der Waals surface area contributed by atoms with Crippen LogP contribution in [0.1, 0.15) is 39.0 Å². The zero-order valence-electron chi connectivity index (χ0n) is 15.5. The summed E-state index contributed by atoms with van der Waals surface area (Å²) in [5.74, 6) is -0.0536. The van der Waals surface area contributed by atoms with Crippen molar-refractivity contribution >= 4 is 31.3 Å². The second kappa shape index (κ2) is 10.4. The molecule has 0 N–H and O–H groups in total. The van der Waals surface area contributed by atoms with Crippen LogP contribution in [0, 0.1) is 0 Å². The Balaban J connectivity index is 1.99. The molecule has 0 saturated carbocycles. The fourth-order valence-corrected chi connectivity index (χ4v) is 6.68. The minimum absolute atomic E-state index is 0.0536. The third-order valence-electron chi connectivity index (χ3n) is 4.91. The van der Waals surface area contributed by atoms with Gasteiger partial charge < -0.3 is 0 Å². The van der Waals surface area contributed by atoms with E-state index in [-0.39, 0.29) is 5.97 Å². The fraction of sp³-hybridized carbons (Fsp3) is 0.381. The summed E-state index contributed by atoms with van der Waals surface area (Å²) in [6, 6.07) is 21.3. The number of unbranched alkanes of at least 4 members (excludes halogenated alkanes) is 3. The van der Waals surface area contributed by atoms with Crippen molar-refractivity contribution in [1.29, 1.82) is 0 Å². The Morgan fingerprint density at radius 2 is 1.48 bits per heavy atom. The molecule has 0 aliphatic rings. The SMILES string of the molecule is B[PH](CCC(=O)OCCCCCC)(c1ccccc1)c1ccccc1. The number of ether oxygens (including phenoxy) is 1. The van der Waals surface area contributed by atoms with Crippen molar-refractivity contribution in [3.8, 4) is 0 Å². The number of carbonyl (C=O) groups is 1. The van der Waals surface area contributed by atoms with E-state index in [1.807, 2.05) is 12.1 Å². The van der Waals surface area contributed by atoms with Crippen LogP contribution in [0.25, 0.3) is 0 Å². The van der Waals surface area contributed by atoms with Crippen LogP contribution in [0.5, 0.6) is 0 Å². The van der Waals surface area contributed by atoms with Crippen LogP contribution in [0.15, 0.2) is 60.7 Å². The molecule has 0 aliphatic carbocycles. The molecule has 25 heavy (non-hydrogen) atoms. The van der Waals surface area contributed by atoms with Crippen LogP contribution in [-0.4, -0.2) is 26.3 Å². The monoisotopic (exact) mass is 356 g/mol. The maximum absolute atomic E-state index is 12.2. The van der Waals surface area contributed by atoms with Crippen LogP contribution in [0.2, 0.25) is 0 Å². The normalized spacial score (nSPS) is 11.9. The summed E-state index contributed by atoms with van der Waals surface area (Å²) in [5.41, 5.74) is 0. The Morgan fingerprint density at radius 1 is 0.920 bits per heavy atom. The van der Waals surface area contributed by atoms with Gasteiger partial charge in [0.1, 0.15) is 0 Å². The number of hydrogen-bond donors (Lipinski definition) is 0. The molecule has 0 amide bonds. The molecule has 0 aliphatic heterocycles. The topological polar surface area (TPSA) is 26.3 Å². The predicted octanol–water partition coefficient (Wildman–Crippen LogP) is 3.45. The number of carbonyl (C=O) groups excluding carboxylic acids is 1. The van der Waals surface area contributed by atoms with Crippen molar-refractivity contribution < 1.29 is 9.53 Å². The predicted molar refractivity (Wildman–Crippen MR) is 114 cm³/mol. The van der Waals surface area contributed by atoms with Gasteiger partial charge in [-0.05, 0) is 0 Å². The molecular formula is C21H30BO2P. The summed E-state index contributed by atoms with van der Waals surface area (Å²) in [6.07, 6.45) is 5.92. The first kappa shape index (κ1) is 19.7. The summed E-state index contributed by atoms with van der Waals surface area (Å²) in [7, 11) is 0.428. The minimum atomic E-state index is -1.93. The van der Waals surface area contributed by atoms with Crippen LogP contribution < -0.4 is 10.6 Å². The van der Waals surface area contributed by atoms with E-state index in [0.29, 0.717) is 13.0 Å². The van der Waals surface area contributed by atoms with E-state index in [9.17, 15) is 4.79 Å². The molecule has 4 heteroatoms. The summed E-state index contributed by atoms with van der Waals surface area (Å²) in [4.78, 5) is 12.2. The van der Waals surface area contributed by atoms with Gasteiger partial charge in [0, 0.05) is 0 Å². The number of benzene rings is 2. The third kappa shape index (κ3) is 6.01. The molecule has 0 radical (unpaired) electrons. The summed E-state index contributed by atoms with van der Waals surface area (Å²) >= 11 is 0. The molecule has 0 bridgehead atoms. The molecule has 2 aromatic carbocycles. The van der Waals surface area contributed by atoms with Crippen molar-refractivity contribution in [2.45, 2.75) is 39.0 Å². The quantitative estimate of drug-likeness (QED) is 0.282. The molecule has 0 aromatic heterocycles. The van der Waals surface area contributed by atoms with Crippen molar-refractivity contribution in [2.75, 3.05) is 12.8 Å². The zero-order valence-corrected chi connectivity index (χ0v) is 16.5. The van der Waals surface area contributed by atoms with E-state index in [1.54, 1.807) is 0 Å².